The van der Waals surface area contributed by atoms with Crippen molar-refractivity contribution in [3.8, 4) is 11.8 Å². The molecule has 0 aliphatic heterocycles. The van der Waals surface area contributed by atoms with Crippen LogP contribution in [0.25, 0.3) is 0 Å². The van der Waals surface area contributed by atoms with Gasteiger partial charge in [-0.3, -0.25) is 4.68 Å². The van der Waals surface area contributed by atoms with Crippen LogP contribution in [0.4, 0.5) is 17.6 Å². The number of aliphatic hydroxyl groups excluding tert-OH is 1. The van der Waals surface area contributed by atoms with Gasteiger partial charge in [0.2, 0.25) is 0 Å². The highest BCUT2D eigenvalue weighted by molar-refractivity contribution is 5.37. The van der Waals surface area contributed by atoms with Crippen LogP contribution in [-0.4, -0.2) is 21.5 Å². The first-order valence-electron chi connectivity index (χ1n) is 5.89. The molecule has 1 heterocycles. The summed E-state index contributed by atoms with van der Waals surface area (Å²) in [6, 6.07) is 4.94. The third-order valence-electron chi connectivity index (χ3n) is 2.63. The number of alkyl halides is 3. The fraction of sp³-hybridized carbons (Fsp3) is 0.214. The summed E-state index contributed by atoms with van der Waals surface area (Å²) in [6.45, 7) is -0.452. The van der Waals surface area contributed by atoms with E-state index in [4.69, 9.17) is 5.11 Å². The van der Waals surface area contributed by atoms with Crippen LogP contribution in [0.1, 0.15) is 16.8 Å². The summed E-state index contributed by atoms with van der Waals surface area (Å²) in [5.74, 6) is 4.32. The molecule has 1 N–H and O–H groups in total. The van der Waals surface area contributed by atoms with E-state index in [1.165, 1.54) is 12.1 Å². The molecule has 1 aromatic carbocycles. The summed E-state index contributed by atoms with van der Waals surface area (Å²) < 4.78 is 52.0. The van der Waals surface area contributed by atoms with E-state index in [9.17, 15) is 17.6 Å². The van der Waals surface area contributed by atoms with E-state index in [0.29, 0.717) is 5.56 Å². The molecule has 0 fully saturated rings. The van der Waals surface area contributed by atoms with Crippen molar-refractivity contribution in [2.45, 2.75) is 12.7 Å². The van der Waals surface area contributed by atoms with Crippen molar-refractivity contribution in [3.05, 3.63) is 53.1 Å². The molecular formula is C14H10F4N2O. The van der Waals surface area contributed by atoms with E-state index in [0.717, 1.165) is 23.0 Å². The van der Waals surface area contributed by atoms with E-state index in [1.54, 1.807) is 0 Å². The van der Waals surface area contributed by atoms with E-state index < -0.39 is 17.7 Å². The largest absolute Gasteiger partial charge is 0.435 e. The molecule has 0 unspecified atom stereocenters. The fourth-order valence-electron chi connectivity index (χ4n) is 1.67. The van der Waals surface area contributed by atoms with Crippen LogP contribution in [0.15, 0.2) is 30.5 Å². The van der Waals surface area contributed by atoms with Crippen molar-refractivity contribution < 1.29 is 22.7 Å². The number of hydrogen-bond acceptors (Lipinski definition) is 2. The third-order valence-corrected chi connectivity index (χ3v) is 2.63. The first-order valence-corrected chi connectivity index (χ1v) is 5.89. The van der Waals surface area contributed by atoms with Gasteiger partial charge in [0, 0.05) is 17.3 Å². The lowest BCUT2D eigenvalue weighted by Crippen LogP contribution is -2.09. The van der Waals surface area contributed by atoms with Gasteiger partial charge in [0.15, 0.2) is 5.69 Å². The van der Waals surface area contributed by atoms with Crippen molar-refractivity contribution >= 4 is 0 Å². The molecule has 0 saturated heterocycles. The molecule has 0 bridgehead atoms. The molecular weight excluding hydrogens is 288 g/mol. The molecule has 0 aliphatic rings. The topological polar surface area (TPSA) is 38.0 Å². The van der Waals surface area contributed by atoms with Gasteiger partial charge in [-0.15, -0.1) is 0 Å². The predicted octanol–water partition coefficient (Wildman–Crippen LogP) is 2.43. The number of halogens is 4. The van der Waals surface area contributed by atoms with Crippen LogP contribution < -0.4 is 0 Å². The lowest BCUT2D eigenvalue weighted by atomic mass is 10.1. The number of aromatic nitrogens is 2. The van der Waals surface area contributed by atoms with Gasteiger partial charge in [-0.2, -0.15) is 18.3 Å². The molecule has 3 nitrogen and oxygen atoms in total. The average Bonchev–Trinajstić information content (AvgIpc) is 2.88. The first kappa shape index (κ1) is 15.1. The van der Waals surface area contributed by atoms with E-state index in [1.807, 2.05) is 0 Å². The van der Waals surface area contributed by atoms with Gasteiger partial charge in [-0.1, -0.05) is 17.9 Å². The van der Waals surface area contributed by atoms with Gasteiger partial charge in [0.25, 0.3) is 0 Å². The molecule has 0 aliphatic carbocycles. The summed E-state index contributed by atoms with van der Waals surface area (Å²) >= 11 is 0. The summed E-state index contributed by atoms with van der Waals surface area (Å²) in [4.78, 5) is 0. The molecule has 110 valence electrons. The maximum absolute atomic E-state index is 13.8. The molecule has 0 saturated carbocycles. The van der Waals surface area contributed by atoms with E-state index in [2.05, 4.69) is 16.9 Å². The first-order chi connectivity index (χ1) is 9.90. The van der Waals surface area contributed by atoms with Gasteiger partial charge >= 0.3 is 6.18 Å². The second-order valence-electron chi connectivity index (χ2n) is 4.16. The Hall–Kier alpha value is -2.33. The lowest BCUT2D eigenvalue weighted by Gasteiger charge is -2.05. The lowest BCUT2D eigenvalue weighted by molar-refractivity contribution is -0.141. The Morgan fingerprint density at radius 2 is 2.00 bits per heavy atom. The van der Waals surface area contributed by atoms with Gasteiger partial charge in [-0.05, 0) is 18.2 Å². The van der Waals surface area contributed by atoms with Gasteiger partial charge < -0.3 is 5.11 Å². The molecule has 0 atom stereocenters. The van der Waals surface area contributed by atoms with Crippen LogP contribution in [0.3, 0.4) is 0 Å². The third kappa shape index (κ3) is 3.83. The van der Waals surface area contributed by atoms with E-state index in [-0.39, 0.29) is 18.7 Å². The van der Waals surface area contributed by atoms with Crippen LogP contribution in [0.2, 0.25) is 0 Å². The van der Waals surface area contributed by atoms with Crippen LogP contribution in [0, 0.1) is 17.7 Å². The minimum absolute atomic E-state index is 0.115. The van der Waals surface area contributed by atoms with Gasteiger partial charge in [-0.25, -0.2) is 4.39 Å². The van der Waals surface area contributed by atoms with Crippen molar-refractivity contribution in [1.29, 1.82) is 0 Å². The number of nitrogens with zero attached hydrogens (tertiary/aromatic N) is 2. The van der Waals surface area contributed by atoms with Gasteiger partial charge in [0.05, 0.1) is 6.54 Å². The standard InChI is InChI=1S/C14H10F4N2O/c15-12-8-10(2-1-7-21)3-4-11(12)9-20-6-5-13(19-20)14(16,17)18/h3-6,8,21H,7,9H2. The molecule has 2 aromatic rings. The highest BCUT2D eigenvalue weighted by atomic mass is 19.4. The molecule has 0 amide bonds. The minimum atomic E-state index is -4.52. The number of benzene rings is 1. The number of aliphatic hydroxyl groups is 1. The summed E-state index contributed by atoms with van der Waals surface area (Å²) in [5.41, 5.74) is -0.448. The Kier molecular flexibility index (Phi) is 4.29. The minimum Gasteiger partial charge on any atom is -0.384 e. The molecule has 7 heteroatoms. The van der Waals surface area contributed by atoms with Crippen LogP contribution in [0.5, 0.6) is 0 Å². The van der Waals surface area contributed by atoms with Gasteiger partial charge in [0.1, 0.15) is 12.4 Å². The number of hydrogen-bond donors (Lipinski definition) is 1. The van der Waals surface area contributed by atoms with Crippen LogP contribution in [-0.2, 0) is 12.7 Å². The highest BCUT2D eigenvalue weighted by Gasteiger charge is 2.33. The Bertz CT molecular complexity index is 695. The van der Waals surface area contributed by atoms with Crippen molar-refractivity contribution in [2.24, 2.45) is 0 Å². The maximum atomic E-state index is 13.8. The quantitative estimate of drug-likeness (QED) is 0.683. The van der Waals surface area contributed by atoms with Crippen LogP contribution >= 0.6 is 0 Å². The number of rotatable bonds is 2. The van der Waals surface area contributed by atoms with E-state index >= 15 is 0 Å². The highest BCUT2D eigenvalue weighted by Crippen LogP contribution is 2.27. The Balaban J connectivity index is 2.18. The van der Waals surface area contributed by atoms with Crippen molar-refractivity contribution in [2.75, 3.05) is 6.61 Å². The second-order valence-corrected chi connectivity index (χ2v) is 4.16. The van der Waals surface area contributed by atoms with Crippen molar-refractivity contribution in [1.82, 2.24) is 9.78 Å². The monoisotopic (exact) mass is 298 g/mol. The second kappa shape index (κ2) is 5.97. The SMILES string of the molecule is OCC#Cc1ccc(Cn2ccc(C(F)(F)F)n2)c(F)c1. The fourth-order valence-corrected chi connectivity index (χ4v) is 1.67. The molecule has 1 aromatic heterocycles. The zero-order valence-corrected chi connectivity index (χ0v) is 10.7. The molecule has 21 heavy (non-hydrogen) atoms. The molecule has 0 radical (unpaired) electrons. The zero-order chi connectivity index (χ0) is 15.5. The average molecular weight is 298 g/mol. The summed E-state index contributed by atoms with van der Waals surface area (Å²) in [6.07, 6.45) is -3.38. The normalized spacial score (nSPS) is 11.1. The smallest absolute Gasteiger partial charge is 0.384 e. The molecule has 0 spiro atoms. The maximum Gasteiger partial charge on any atom is 0.435 e. The predicted molar refractivity (Wildman–Crippen MR) is 66.7 cm³/mol. The zero-order valence-electron chi connectivity index (χ0n) is 10.7. The Labute approximate surface area is 117 Å². The Morgan fingerprint density at radius 1 is 1.24 bits per heavy atom. The van der Waals surface area contributed by atoms with Crippen molar-refractivity contribution in [3.63, 3.8) is 0 Å². The molecule has 2 rings (SSSR count). The Morgan fingerprint density at radius 3 is 2.57 bits per heavy atom. The summed E-state index contributed by atoms with van der Waals surface area (Å²) in [7, 11) is 0. The summed E-state index contributed by atoms with van der Waals surface area (Å²) in [5, 5.41) is 11.9.